The van der Waals surface area contributed by atoms with Crippen molar-refractivity contribution < 1.29 is 18.0 Å². The van der Waals surface area contributed by atoms with Crippen molar-refractivity contribution in [1.82, 2.24) is 25.1 Å². The Balaban J connectivity index is 2.04. The number of carbonyl (C=O) groups is 1. The first-order chi connectivity index (χ1) is 10.3. The number of hydrogen-bond acceptors (Lipinski definition) is 4. The molecule has 6 nitrogen and oxygen atoms in total. The molecule has 0 saturated heterocycles. The number of aryl methyl sites for hydroxylation is 1. The average molecular weight is 313 g/mol. The molecule has 9 heteroatoms. The minimum Gasteiger partial charge on any atom is -0.340 e. The van der Waals surface area contributed by atoms with Gasteiger partial charge >= 0.3 is 6.18 Å². The molecule has 0 fully saturated rings. The molecular weight excluding hydrogens is 299 g/mol. The zero-order valence-electron chi connectivity index (χ0n) is 12.0. The number of halogens is 3. The van der Waals surface area contributed by atoms with Gasteiger partial charge in [-0.25, -0.2) is 4.68 Å². The molecule has 1 amide bonds. The predicted molar refractivity (Wildman–Crippen MR) is 70.5 cm³/mol. The Labute approximate surface area is 124 Å². The van der Waals surface area contributed by atoms with Gasteiger partial charge < -0.3 is 4.90 Å². The van der Waals surface area contributed by atoms with Crippen LogP contribution in [0.5, 0.6) is 0 Å². The lowest BCUT2D eigenvalue weighted by molar-refractivity contribution is -0.137. The number of rotatable bonds is 4. The normalized spacial score (nSPS) is 11.5. The molecule has 0 bridgehead atoms. The molecule has 2 rings (SSSR count). The van der Waals surface area contributed by atoms with Crippen LogP contribution in [0.15, 0.2) is 24.3 Å². The highest BCUT2D eigenvalue weighted by Crippen LogP contribution is 2.29. The molecule has 1 aromatic carbocycles. The number of nitrogens with zero attached hydrogens (tertiary/aromatic N) is 5. The summed E-state index contributed by atoms with van der Waals surface area (Å²) in [6, 6.07) is 4.89. The Morgan fingerprint density at radius 1 is 1.36 bits per heavy atom. The van der Waals surface area contributed by atoms with Crippen LogP contribution >= 0.6 is 0 Å². The van der Waals surface area contributed by atoms with E-state index in [1.807, 2.05) is 0 Å². The number of carbonyl (C=O) groups excluding carboxylic acids is 1. The Hall–Kier alpha value is -2.45. The number of hydrogen-bond donors (Lipinski definition) is 0. The number of benzene rings is 1. The van der Waals surface area contributed by atoms with Gasteiger partial charge in [-0.3, -0.25) is 4.79 Å². The van der Waals surface area contributed by atoms with E-state index in [1.54, 1.807) is 13.0 Å². The standard InChI is InChI=1S/C13H14F3N5O/c1-9-17-18-19-21(9)8-12(22)20(2)7-10-4-3-5-11(6-10)13(14,15)16/h3-6H,7-8H2,1-2H3. The van der Waals surface area contributed by atoms with E-state index in [0.29, 0.717) is 11.4 Å². The lowest BCUT2D eigenvalue weighted by Crippen LogP contribution is -2.30. The molecule has 0 aliphatic rings. The molecule has 0 radical (unpaired) electrons. The zero-order valence-corrected chi connectivity index (χ0v) is 12.0. The second kappa shape index (κ2) is 6.12. The van der Waals surface area contributed by atoms with E-state index in [9.17, 15) is 18.0 Å². The van der Waals surface area contributed by atoms with Crippen LogP contribution in [0.25, 0.3) is 0 Å². The van der Waals surface area contributed by atoms with Crippen molar-refractivity contribution in [3.05, 3.63) is 41.2 Å². The summed E-state index contributed by atoms with van der Waals surface area (Å²) in [6.07, 6.45) is -4.40. The van der Waals surface area contributed by atoms with E-state index in [-0.39, 0.29) is 19.0 Å². The summed E-state index contributed by atoms with van der Waals surface area (Å²) in [4.78, 5) is 13.4. The van der Waals surface area contributed by atoms with Crippen LogP contribution in [0.2, 0.25) is 0 Å². The SMILES string of the molecule is Cc1nnnn1CC(=O)N(C)Cc1cccc(C(F)(F)F)c1. The topological polar surface area (TPSA) is 63.9 Å². The number of aromatic nitrogens is 4. The van der Waals surface area contributed by atoms with Gasteiger partial charge in [-0.15, -0.1) is 5.10 Å². The quantitative estimate of drug-likeness (QED) is 0.861. The van der Waals surface area contributed by atoms with Gasteiger partial charge in [0.25, 0.3) is 0 Å². The van der Waals surface area contributed by atoms with E-state index < -0.39 is 11.7 Å². The fourth-order valence-electron chi connectivity index (χ4n) is 1.85. The monoisotopic (exact) mass is 313 g/mol. The van der Waals surface area contributed by atoms with Gasteiger partial charge in [0, 0.05) is 13.6 Å². The van der Waals surface area contributed by atoms with Crippen molar-refractivity contribution in [1.29, 1.82) is 0 Å². The molecule has 2 aromatic rings. The smallest absolute Gasteiger partial charge is 0.340 e. The summed E-state index contributed by atoms with van der Waals surface area (Å²) in [6.45, 7) is 1.66. The molecule has 0 aliphatic carbocycles. The third-order valence-electron chi connectivity index (χ3n) is 3.10. The summed E-state index contributed by atoms with van der Waals surface area (Å²) in [5.74, 6) is 0.189. The molecule has 0 spiro atoms. The molecule has 1 heterocycles. The van der Waals surface area contributed by atoms with Gasteiger partial charge in [-0.1, -0.05) is 12.1 Å². The Morgan fingerprint density at radius 2 is 2.09 bits per heavy atom. The first-order valence-corrected chi connectivity index (χ1v) is 6.40. The minimum atomic E-state index is -4.40. The highest BCUT2D eigenvalue weighted by Gasteiger charge is 2.30. The number of likely N-dealkylation sites (N-methyl/N-ethyl adjacent to an activating group) is 1. The van der Waals surface area contributed by atoms with Crippen LogP contribution in [0.3, 0.4) is 0 Å². The van der Waals surface area contributed by atoms with E-state index in [2.05, 4.69) is 15.5 Å². The number of tetrazole rings is 1. The van der Waals surface area contributed by atoms with Gasteiger partial charge in [-0.05, 0) is 35.0 Å². The maximum atomic E-state index is 12.7. The van der Waals surface area contributed by atoms with Crippen LogP contribution < -0.4 is 0 Å². The highest BCUT2D eigenvalue weighted by molar-refractivity contribution is 5.75. The summed E-state index contributed by atoms with van der Waals surface area (Å²) >= 11 is 0. The van der Waals surface area contributed by atoms with Crippen molar-refractivity contribution in [3.8, 4) is 0 Å². The summed E-state index contributed by atoms with van der Waals surface area (Å²) < 4.78 is 39.3. The van der Waals surface area contributed by atoms with Crippen LogP contribution in [-0.2, 0) is 24.1 Å². The first-order valence-electron chi connectivity index (χ1n) is 6.40. The first kappa shape index (κ1) is 15.9. The van der Waals surface area contributed by atoms with Crippen LogP contribution in [-0.4, -0.2) is 38.1 Å². The van der Waals surface area contributed by atoms with Crippen molar-refractivity contribution in [2.24, 2.45) is 0 Å². The third-order valence-corrected chi connectivity index (χ3v) is 3.10. The molecule has 118 valence electrons. The van der Waals surface area contributed by atoms with Crippen molar-refractivity contribution in [3.63, 3.8) is 0 Å². The largest absolute Gasteiger partial charge is 0.416 e. The van der Waals surface area contributed by atoms with E-state index in [4.69, 9.17) is 0 Å². The van der Waals surface area contributed by atoms with Crippen LogP contribution in [0, 0.1) is 6.92 Å². The molecule has 0 unspecified atom stereocenters. The van der Waals surface area contributed by atoms with E-state index in [0.717, 1.165) is 12.1 Å². The Kier molecular flexibility index (Phi) is 4.43. The molecule has 0 saturated carbocycles. The van der Waals surface area contributed by atoms with Crippen molar-refractivity contribution >= 4 is 5.91 Å². The third kappa shape index (κ3) is 3.80. The fraction of sp³-hybridized carbons (Fsp3) is 0.385. The summed E-state index contributed by atoms with van der Waals surface area (Å²) in [5.41, 5.74) is -0.332. The molecular formula is C13H14F3N5O. The second-order valence-electron chi connectivity index (χ2n) is 4.83. The Morgan fingerprint density at radius 3 is 2.68 bits per heavy atom. The van der Waals surface area contributed by atoms with Gasteiger partial charge in [0.2, 0.25) is 5.91 Å². The van der Waals surface area contributed by atoms with E-state index >= 15 is 0 Å². The van der Waals surface area contributed by atoms with Crippen molar-refractivity contribution in [2.45, 2.75) is 26.2 Å². The fourth-order valence-corrected chi connectivity index (χ4v) is 1.85. The summed E-state index contributed by atoms with van der Waals surface area (Å²) in [5, 5.41) is 10.7. The molecule has 0 N–H and O–H groups in total. The minimum absolute atomic E-state index is 0.0612. The maximum Gasteiger partial charge on any atom is 0.416 e. The maximum absolute atomic E-state index is 12.7. The predicted octanol–water partition coefficient (Wildman–Crippen LogP) is 1.66. The summed E-state index contributed by atoms with van der Waals surface area (Å²) in [7, 11) is 1.52. The number of alkyl halides is 3. The Bertz CT molecular complexity index is 668. The van der Waals surface area contributed by atoms with Gasteiger partial charge in [0.1, 0.15) is 12.4 Å². The lowest BCUT2D eigenvalue weighted by atomic mass is 10.1. The average Bonchev–Trinajstić information content (AvgIpc) is 2.83. The molecule has 1 aromatic heterocycles. The van der Waals surface area contributed by atoms with Crippen LogP contribution in [0.1, 0.15) is 17.0 Å². The van der Waals surface area contributed by atoms with Crippen LogP contribution in [0.4, 0.5) is 13.2 Å². The number of amides is 1. The van der Waals surface area contributed by atoms with E-state index in [1.165, 1.54) is 22.7 Å². The highest BCUT2D eigenvalue weighted by atomic mass is 19.4. The molecule has 0 atom stereocenters. The van der Waals surface area contributed by atoms with Gasteiger partial charge in [-0.2, -0.15) is 13.2 Å². The molecule has 0 aliphatic heterocycles. The zero-order chi connectivity index (χ0) is 16.3. The molecule has 22 heavy (non-hydrogen) atoms. The van der Waals surface area contributed by atoms with Gasteiger partial charge in [0.15, 0.2) is 0 Å². The second-order valence-corrected chi connectivity index (χ2v) is 4.83. The lowest BCUT2D eigenvalue weighted by Gasteiger charge is -2.18. The van der Waals surface area contributed by atoms with Crippen molar-refractivity contribution in [2.75, 3.05) is 7.05 Å². The van der Waals surface area contributed by atoms with Gasteiger partial charge in [0.05, 0.1) is 5.56 Å².